The first-order valence-corrected chi connectivity index (χ1v) is 6.90. The zero-order valence-electron chi connectivity index (χ0n) is 10.9. The quantitative estimate of drug-likeness (QED) is 0.883. The summed E-state index contributed by atoms with van der Waals surface area (Å²) >= 11 is 0. The van der Waals surface area contributed by atoms with Gasteiger partial charge < -0.3 is 10.6 Å². The molecule has 1 aromatic carbocycles. The maximum absolute atomic E-state index is 12.9. The molecule has 2 aliphatic carbocycles. The smallest absolute Gasteiger partial charge is 0.230 e. The van der Waals surface area contributed by atoms with Crippen molar-refractivity contribution in [2.45, 2.75) is 38.3 Å². The van der Waals surface area contributed by atoms with Crippen LogP contribution in [0, 0.1) is 11.2 Å². The number of rotatable bonds is 5. The Labute approximate surface area is 112 Å². The van der Waals surface area contributed by atoms with Crippen molar-refractivity contribution in [1.29, 1.82) is 0 Å². The normalized spacial score (nSPS) is 20.1. The van der Waals surface area contributed by atoms with Gasteiger partial charge >= 0.3 is 0 Å². The second kappa shape index (κ2) is 4.60. The van der Waals surface area contributed by atoms with E-state index >= 15 is 0 Å². The Morgan fingerprint density at radius 2 is 1.95 bits per heavy atom. The highest BCUT2D eigenvalue weighted by atomic mass is 19.1. The standard InChI is InChI=1S/C15H19FN2O/c16-12-3-1-11(2-4-12)9-18(13-5-6-13)14(19)15(10-17)7-8-15/h1-4,13H,5-10,17H2. The van der Waals surface area contributed by atoms with E-state index in [-0.39, 0.29) is 17.1 Å². The van der Waals surface area contributed by atoms with Gasteiger partial charge in [-0.2, -0.15) is 0 Å². The fourth-order valence-corrected chi connectivity index (χ4v) is 2.50. The summed E-state index contributed by atoms with van der Waals surface area (Å²) in [6, 6.07) is 6.75. The highest BCUT2D eigenvalue weighted by Gasteiger charge is 2.52. The maximum Gasteiger partial charge on any atom is 0.230 e. The molecule has 0 atom stereocenters. The largest absolute Gasteiger partial charge is 0.335 e. The van der Waals surface area contributed by atoms with Gasteiger partial charge in [0.25, 0.3) is 0 Å². The van der Waals surface area contributed by atoms with Gasteiger partial charge in [0.2, 0.25) is 5.91 Å². The predicted molar refractivity (Wildman–Crippen MR) is 70.7 cm³/mol. The Bertz CT molecular complexity index is 477. The Morgan fingerprint density at radius 1 is 1.32 bits per heavy atom. The van der Waals surface area contributed by atoms with Crippen LogP contribution in [0.2, 0.25) is 0 Å². The van der Waals surface area contributed by atoms with E-state index < -0.39 is 0 Å². The maximum atomic E-state index is 12.9. The number of carbonyl (C=O) groups is 1. The molecule has 4 heteroatoms. The zero-order valence-corrected chi connectivity index (χ0v) is 10.9. The third-order valence-corrected chi connectivity index (χ3v) is 4.21. The average Bonchev–Trinajstić information content (AvgIpc) is 3.29. The van der Waals surface area contributed by atoms with Crippen LogP contribution >= 0.6 is 0 Å². The SMILES string of the molecule is NCC1(C(=O)N(Cc2ccc(F)cc2)C2CC2)CC1. The first-order chi connectivity index (χ1) is 9.14. The van der Waals surface area contributed by atoms with Gasteiger partial charge in [-0.05, 0) is 43.4 Å². The summed E-state index contributed by atoms with van der Waals surface area (Å²) in [5.41, 5.74) is 6.44. The van der Waals surface area contributed by atoms with E-state index in [1.54, 1.807) is 12.1 Å². The molecule has 0 aliphatic heterocycles. The highest BCUT2D eigenvalue weighted by Crippen LogP contribution is 2.48. The summed E-state index contributed by atoms with van der Waals surface area (Å²) in [4.78, 5) is 14.5. The minimum atomic E-state index is -0.289. The van der Waals surface area contributed by atoms with Crippen LogP contribution < -0.4 is 5.73 Å². The van der Waals surface area contributed by atoms with Crippen LogP contribution in [0.15, 0.2) is 24.3 Å². The van der Waals surface area contributed by atoms with Crippen LogP contribution in [-0.2, 0) is 11.3 Å². The molecule has 1 amide bonds. The predicted octanol–water partition coefficient (Wildman–Crippen LogP) is 2.06. The lowest BCUT2D eigenvalue weighted by atomic mass is 10.0. The molecule has 3 nitrogen and oxygen atoms in total. The molecule has 0 spiro atoms. The van der Waals surface area contributed by atoms with Crippen molar-refractivity contribution in [1.82, 2.24) is 4.90 Å². The monoisotopic (exact) mass is 262 g/mol. The average molecular weight is 262 g/mol. The fraction of sp³-hybridized carbons (Fsp3) is 0.533. The first-order valence-electron chi connectivity index (χ1n) is 6.90. The lowest BCUT2D eigenvalue weighted by Crippen LogP contribution is -2.41. The van der Waals surface area contributed by atoms with Crippen molar-refractivity contribution in [3.63, 3.8) is 0 Å². The Balaban J connectivity index is 1.74. The van der Waals surface area contributed by atoms with Gasteiger partial charge in [-0.1, -0.05) is 12.1 Å². The fourth-order valence-electron chi connectivity index (χ4n) is 2.50. The van der Waals surface area contributed by atoms with E-state index in [1.165, 1.54) is 12.1 Å². The van der Waals surface area contributed by atoms with E-state index in [2.05, 4.69) is 0 Å². The zero-order chi connectivity index (χ0) is 13.5. The summed E-state index contributed by atoms with van der Waals surface area (Å²) in [5, 5.41) is 0. The van der Waals surface area contributed by atoms with Gasteiger partial charge in [0.1, 0.15) is 5.82 Å². The van der Waals surface area contributed by atoms with E-state index in [1.807, 2.05) is 4.90 Å². The van der Waals surface area contributed by atoms with Gasteiger partial charge in [-0.25, -0.2) is 4.39 Å². The molecule has 102 valence electrons. The molecule has 0 radical (unpaired) electrons. The summed E-state index contributed by atoms with van der Waals surface area (Å²) in [7, 11) is 0. The van der Waals surface area contributed by atoms with Crippen LogP contribution in [0.3, 0.4) is 0 Å². The Morgan fingerprint density at radius 3 is 2.42 bits per heavy atom. The first kappa shape index (κ1) is 12.6. The van der Waals surface area contributed by atoms with E-state index in [0.29, 0.717) is 19.1 Å². The summed E-state index contributed by atoms with van der Waals surface area (Å²) < 4.78 is 12.9. The molecule has 3 rings (SSSR count). The number of carbonyl (C=O) groups excluding carboxylic acids is 1. The van der Waals surface area contributed by atoms with Crippen molar-refractivity contribution >= 4 is 5.91 Å². The van der Waals surface area contributed by atoms with Crippen molar-refractivity contribution in [2.24, 2.45) is 11.1 Å². The Hall–Kier alpha value is -1.42. The summed E-state index contributed by atoms with van der Waals surface area (Å²) in [6.07, 6.45) is 3.98. The molecule has 0 unspecified atom stereocenters. The van der Waals surface area contributed by atoms with Crippen LogP contribution in [0.1, 0.15) is 31.2 Å². The lowest BCUT2D eigenvalue weighted by molar-refractivity contribution is -0.137. The van der Waals surface area contributed by atoms with Gasteiger partial charge in [0.05, 0.1) is 5.41 Å². The number of benzene rings is 1. The van der Waals surface area contributed by atoms with E-state index in [4.69, 9.17) is 5.73 Å². The van der Waals surface area contributed by atoms with Crippen LogP contribution in [-0.4, -0.2) is 23.4 Å². The number of amides is 1. The van der Waals surface area contributed by atoms with Crippen molar-refractivity contribution in [3.05, 3.63) is 35.6 Å². The molecule has 19 heavy (non-hydrogen) atoms. The second-order valence-electron chi connectivity index (χ2n) is 5.78. The van der Waals surface area contributed by atoms with E-state index in [9.17, 15) is 9.18 Å². The number of nitrogens with two attached hydrogens (primary N) is 1. The molecule has 0 bridgehead atoms. The highest BCUT2D eigenvalue weighted by molar-refractivity contribution is 5.86. The number of hydrogen-bond acceptors (Lipinski definition) is 2. The van der Waals surface area contributed by atoms with Gasteiger partial charge in [0, 0.05) is 19.1 Å². The summed E-state index contributed by atoms with van der Waals surface area (Å²) in [5.74, 6) is -0.0458. The minimum absolute atomic E-state index is 0.196. The van der Waals surface area contributed by atoms with Crippen LogP contribution in [0.4, 0.5) is 4.39 Å². The number of hydrogen-bond donors (Lipinski definition) is 1. The van der Waals surface area contributed by atoms with Crippen molar-refractivity contribution in [2.75, 3.05) is 6.54 Å². The van der Waals surface area contributed by atoms with Crippen molar-refractivity contribution < 1.29 is 9.18 Å². The molecule has 1 aromatic rings. The number of nitrogens with zero attached hydrogens (tertiary/aromatic N) is 1. The molecule has 0 saturated heterocycles. The molecule has 2 fully saturated rings. The topological polar surface area (TPSA) is 46.3 Å². The molecular formula is C15H19FN2O. The third-order valence-electron chi connectivity index (χ3n) is 4.21. The van der Waals surface area contributed by atoms with Crippen molar-refractivity contribution in [3.8, 4) is 0 Å². The van der Waals surface area contributed by atoms with Gasteiger partial charge in [-0.15, -0.1) is 0 Å². The lowest BCUT2D eigenvalue weighted by Gasteiger charge is -2.27. The Kier molecular flexibility index (Phi) is 3.05. The number of halogens is 1. The molecular weight excluding hydrogens is 243 g/mol. The molecule has 2 N–H and O–H groups in total. The molecule has 0 aromatic heterocycles. The molecule has 2 saturated carbocycles. The summed E-state index contributed by atoms with van der Waals surface area (Å²) in [6.45, 7) is 1.02. The second-order valence-corrected chi connectivity index (χ2v) is 5.78. The van der Waals surface area contributed by atoms with Crippen LogP contribution in [0.5, 0.6) is 0 Å². The van der Waals surface area contributed by atoms with Gasteiger partial charge in [-0.3, -0.25) is 4.79 Å². The van der Waals surface area contributed by atoms with Crippen LogP contribution in [0.25, 0.3) is 0 Å². The third kappa shape index (κ3) is 2.50. The molecule has 2 aliphatic rings. The van der Waals surface area contributed by atoms with Gasteiger partial charge in [0.15, 0.2) is 0 Å². The minimum Gasteiger partial charge on any atom is -0.335 e. The van der Waals surface area contributed by atoms with E-state index in [0.717, 1.165) is 31.2 Å². The molecule has 0 heterocycles.